The number of fused-ring (bicyclic) bond motifs is 6. The highest BCUT2D eigenvalue weighted by Gasteiger charge is 2.42. The second-order valence-electron chi connectivity index (χ2n) is 10.3. The highest BCUT2D eigenvalue weighted by atomic mass is 16.1. The maximum absolute atomic E-state index is 13.8. The number of carbonyl (C=O) groups is 2. The van der Waals surface area contributed by atoms with Gasteiger partial charge in [0.1, 0.15) is 11.4 Å². The number of para-hydroxylation sites is 2. The standard InChI is InChI=1S/C32H38N2O2/c35-31-25-19-13-15-21-27(25)33-23-17-11-9-7-5-3-1-2-4-6-8-10-12-18-24-34-28-22-16-14-20-26(28)32(36)30(34)29(31)33/h1-2,13-16,19-22H,3-12,17-18,23-24H2/b2-1+,30-29+. The van der Waals surface area contributed by atoms with Gasteiger partial charge in [-0.2, -0.15) is 0 Å². The minimum atomic E-state index is -0.0133. The summed E-state index contributed by atoms with van der Waals surface area (Å²) in [6.45, 7) is 1.53. The molecule has 0 bridgehead atoms. The van der Waals surface area contributed by atoms with E-state index in [1.165, 1.54) is 51.4 Å². The second-order valence-corrected chi connectivity index (χ2v) is 10.3. The number of hydrogen-bond donors (Lipinski definition) is 0. The topological polar surface area (TPSA) is 40.6 Å². The number of nitrogens with zero attached hydrogens (tertiary/aromatic N) is 2. The van der Waals surface area contributed by atoms with Crippen molar-refractivity contribution in [3.63, 3.8) is 0 Å². The third-order valence-electron chi connectivity index (χ3n) is 7.74. The number of anilines is 2. The van der Waals surface area contributed by atoms with Gasteiger partial charge in [-0.25, -0.2) is 0 Å². The molecule has 0 fully saturated rings. The minimum Gasteiger partial charge on any atom is -0.336 e. The Bertz CT molecular complexity index is 1070. The van der Waals surface area contributed by atoms with Gasteiger partial charge in [-0.05, 0) is 62.8 Å². The molecule has 0 aromatic heterocycles. The normalized spacial score (nSPS) is 23.0. The first-order valence-corrected chi connectivity index (χ1v) is 14.0. The zero-order valence-electron chi connectivity index (χ0n) is 21.4. The average Bonchev–Trinajstić information content (AvgIpc) is 3.33. The zero-order valence-corrected chi connectivity index (χ0v) is 21.4. The molecule has 0 saturated heterocycles. The van der Waals surface area contributed by atoms with Gasteiger partial charge in [-0.3, -0.25) is 9.59 Å². The summed E-state index contributed by atoms with van der Waals surface area (Å²) >= 11 is 0. The Balaban J connectivity index is 1.48. The van der Waals surface area contributed by atoms with Crippen molar-refractivity contribution in [2.45, 2.75) is 77.0 Å². The minimum absolute atomic E-state index is 0.0133. The number of Topliss-reactive ketones (excluding diaryl/α,β-unsaturated/α-hetero) is 2. The summed E-state index contributed by atoms with van der Waals surface area (Å²) in [6.07, 6.45) is 18.8. The lowest BCUT2D eigenvalue weighted by Gasteiger charge is -2.26. The van der Waals surface area contributed by atoms with Crippen molar-refractivity contribution >= 4 is 22.9 Å². The fraction of sp³-hybridized carbons (Fsp3) is 0.438. The first kappa shape index (κ1) is 24.5. The van der Waals surface area contributed by atoms with Crippen LogP contribution < -0.4 is 9.80 Å². The van der Waals surface area contributed by atoms with Gasteiger partial charge in [0, 0.05) is 24.2 Å². The van der Waals surface area contributed by atoms with E-state index in [0.717, 1.165) is 50.1 Å². The Morgan fingerprint density at radius 3 is 1.33 bits per heavy atom. The molecule has 0 N–H and O–H groups in total. The number of ketones is 2. The first-order chi connectivity index (χ1) is 17.8. The van der Waals surface area contributed by atoms with Crippen LogP contribution in [-0.4, -0.2) is 24.7 Å². The van der Waals surface area contributed by atoms with Crippen LogP contribution >= 0.6 is 0 Å². The van der Waals surface area contributed by atoms with Gasteiger partial charge < -0.3 is 9.80 Å². The van der Waals surface area contributed by atoms with E-state index >= 15 is 0 Å². The quantitative estimate of drug-likeness (QED) is 0.358. The van der Waals surface area contributed by atoms with Crippen molar-refractivity contribution < 1.29 is 9.59 Å². The maximum Gasteiger partial charge on any atom is 0.213 e. The Morgan fingerprint density at radius 2 is 0.861 bits per heavy atom. The van der Waals surface area contributed by atoms with Crippen LogP contribution in [0.15, 0.2) is 72.1 Å². The van der Waals surface area contributed by atoms with Crippen molar-refractivity contribution in [2.75, 3.05) is 22.9 Å². The zero-order chi connectivity index (χ0) is 24.7. The lowest BCUT2D eigenvalue weighted by Crippen LogP contribution is -2.31. The molecule has 0 unspecified atom stereocenters. The van der Waals surface area contributed by atoms with Crippen LogP contribution in [0.3, 0.4) is 0 Å². The Kier molecular flexibility index (Phi) is 8.00. The number of carbonyl (C=O) groups excluding carboxylic acids is 2. The van der Waals surface area contributed by atoms with E-state index < -0.39 is 0 Å². The third kappa shape index (κ3) is 5.04. The summed E-state index contributed by atoms with van der Waals surface area (Å²) in [4.78, 5) is 31.8. The Labute approximate surface area is 215 Å². The molecular formula is C32H38N2O2. The molecule has 0 aliphatic carbocycles. The second kappa shape index (κ2) is 11.7. The van der Waals surface area contributed by atoms with E-state index in [1.807, 2.05) is 48.5 Å². The van der Waals surface area contributed by atoms with Gasteiger partial charge >= 0.3 is 0 Å². The summed E-state index contributed by atoms with van der Waals surface area (Å²) < 4.78 is 0. The van der Waals surface area contributed by atoms with Gasteiger partial charge in [0.25, 0.3) is 0 Å². The summed E-state index contributed by atoms with van der Waals surface area (Å²) in [5.74, 6) is -0.0265. The van der Waals surface area contributed by atoms with Crippen molar-refractivity contribution in [3.8, 4) is 0 Å². The van der Waals surface area contributed by atoms with Crippen LogP contribution in [0.2, 0.25) is 0 Å². The maximum atomic E-state index is 13.8. The number of benzene rings is 2. The van der Waals surface area contributed by atoms with Gasteiger partial charge in [-0.1, -0.05) is 74.9 Å². The van der Waals surface area contributed by atoms with Crippen LogP contribution in [0.25, 0.3) is 0 Å². The monoisotopic (exact) mass is 482 g/mol. The summed E-state index contributed by atoms with van der Waals surface area (Å²) in [6, 6.07) is 15.7. The summed E-state index contributed by atoms with van der Waals surface area (Å²) in [5, 5.41) is 0. The van der Waals surface area contributed by atoms with Crippen molar-refractivity contribution in [3.05, 3.63) is 83.2 Å². The van der Waals surface area contributed by atoms with Gasteiger partial charge in [0.2, 0.25) is 11.6 Å². The molecule has 2 aromatic carbocycles. The van der Waals surface area contributed by atoms with Gasteiger partial charge in [0.05, 0.1) is 11.4 Å². The van der Waals surface area contributed by atoms with E-state index in [-0.39, 0.29) is 11.6 Å². The van der Waals surface area contributed by atoms with Crippen LogP contribution in [0.4, 0.5) is 11.4 Å². The lowest BCUT2D eigenvalue weighted by atomic mass is 10.1. The van der Waals surface area contributed by atoms with Crippen LogP contribution in [0.1, 0.15) is 97.8 Å². The van der Waals surface area contributed by atoms with E-state index in [9.17, 15) is 9.59 Å². The molecule has 3 heterocycles. The molecule has 3 aliphatic heterocycles. The summed E-state index contributed by atoms with van der Waals surface area (Å²) in [5.41, 5.74) is 4.48. The van der Waals surface area contributed by atoms with Crippen LogP contribution in [0, 0.1) is 0 Å². The molecule has 2 aromatic rings. The molecule has 0 spiro atoms. The van der Waals surface area contributed by atoms with E-state index in [1.54, 1.807) is 0 Å². The molecule has 188 valence electrons. The van der Waals surface area contributed by atoms with Gasteiger partial charge in [-0.15, -0.1) is 0 Å². The third-order valence-corrected chi connectivity index (χ3v) is 7.74. The van der Waals surface area contributed by atoms with E-state index in [2.05, 4.69) is 22.0 Å². The number of allylic oxidation sites excluding steroid dienone is 4. The van der Waals surface area contributed by atoms with Crippen molar-refractivity contribution in [2.24, 2.45) is 0 Å². The molecule has 0 saturated carbocycles. The van der Waals surface area contributed by atoms with Crippen molar-refractivity contribution in [1.29, 1.82) is 0 Å². The lowest BCUT2D eigenvalue weighted by molar-refractivity contribution is 0.100. The highest BCUT2D eigenvalue weighted by molar-refractivity contribution is 6.28. The molecule has 5 rings (SSSR count). The highest BCUT2D eigenvalue weighted by Crippen LogP contribution is 2.42. The van der Waals surface area contributed by atoms with Gasteiger partial charge in [0.15, 0.2) is 0 Å². The predicted molar refractivity (Wildman–Crippen MR) is 148 cm³/mol. The Hall–Kier alpha value is -3.14. The number of rotatable bonds is 0. The first-order valence-electron chi connectivity index (χ1n) is 14.0. The SMILES string of the molecule is O=C1/C2=C3/C(=O)c4ccccc4N3CCCCCCC/C=C/CCCCCCCN2c2ccccc21. The molecule has 3 aliphatic rings. The molecule has 4 nitrogen and oxygen atoms in total. The molecule has 0 atom stereocenters. The van der Waals surface area contributed by atoms with Crippen LogP contribution in [-0.2, 0) is 0 Å². The van der Waals surface area contributed by atoms with E-state index in [4.69, 9.17) is 0 Å². The molecule has 0 amide bonds. The number of hydrogen-bond acceptors (Lipinski definition) is 4. The smallest absolute Gasteiger partial charge is 0.213 e. The average molecular weight is 483 g/mol. The largest absolute Gasteiger partial charge is 0.336 e. The predicted octanol–water partition coefficient (Wildman–Crippen LogP) is 7.85. The Morgan fingerprint density at radius 1 is 0.472 bits per heavy atom. The van der Waals surface area contributed by atoms with Crippen molar-refractivity contribution in [1.82, 2.24) is 0 Å². The molecule has 4 heteroatoms. The fourth-order valence-electron chi connectivity index (χ4n) is 5.84. The summed E-state index contributed by atoms with van der Waals surface area (Å²) in [7, 11) is 0. The van der Waals surface area contributed by atoms with Crippen LogP contribution in [0.5, 0.6) is 0 Å². The molecule has 36 heavy (non-hydrogen) atoms. The fourth-order valence-corrected chi connectivity index (χ4v) is 5.84. The molecular weight excluding hydrogens is 444 g/mol. The van der Waals surface area contributed by atoms with E-state index in [0.29, 0.717) is 22.5 Å². The molecule has 0 radical (unpaired) electrons.